The highest BCUT2D eigenvalue weighted by atomic mass is 35.5. The van der Waals surface area contributed by atoms with Crippen LogP contribution in [0.15, 0.2) is 18.2 Å². The van der Waals surface area contributed by atoms with Gasteiger partial charge >= 0.3 is 0 Å². The van der Waals surface area contributed by atoms with E-state index >= 15 is 0 Å². The first kappa shape index (κ1) is 20.2. The third-order valence-corrected chi connectivity index (χ3v) is 3.65. The van der Waals surface area contributed by atoms with Crippen molar-refractivity contribution in [1.29, 1.82) is 0 Å². The molecule has 3 N–H and O–H groups in total. The summed E-state index contributed by atoms with van der Waals surface area (Å²) in [5, 5.41) is 2.93. The Morgan fingerprint density at radius 2 is 2.00 bits per heavy atom. The smallest absolute Gasteiger partial charge is 0.260 e. The standard InChI is InChI=1S/C16H24ClN3O4/c1-4-20(5-2)15(21)10-24-14-7-6-11(8-12(14)17)19-16(22)13(18)9-23-3/h6-8,13H,4-5,9-10,18H2,1-3H3,(H,19,22). The molecule has 0 saturated heterocycles. The molecule has 1 rings (SSSR count). The number of anilines is 1. The van der Waals surface area contributed by atoms with Crippen molar-refractivity contribution < 1.29 is 19.1 Å². The van der Waals surface area contributed by atoms with Crippen molar-refractivity contribution in [2.45, 2.75) is 19.9 Å². The van der Waals surface area contributed by atoms with E-state index < -0.39 is 6.04 Å². The van der Waals surface area contributed by atoms with Gasteiger partial charge < -0.3 is 25.4 Å². The minimum absolute atomic E-state index is 0.0914. The monoisotopic (exact) mass is 357 g/mol. The molecule has 1 unspecified atom stereocenters. The summed E-state index contributed by atoms with van der Waals surface area (Å²) in [5.74, 6) is -0.117. The van der Waals surface area contributed by atoms with E-state index in [-0.39, 0.29) is 25.0 Å². The first-order valence-corrected chi connectivity index (χ1v) is 8.06. The molecule has 2 amide bonds. The van der Waals surface area contributed by atoms with Gasteiger partial charge in [-0.25, -0.2) is 0 Å². The molecule has 24 heavy (non-hydrogen) atoms. The van der Waals surface area contributed by atoms with E-state index in [1.807, 2.05) is 13.8 Å². The SMILES string of the molecule is CCN(CC)C(=O)COc1ccc(NC(=O)C(N)COC)cc1Cl. The lowest BCUT2D eigenvalue weighted by atomic mass is 10.2. The number of ether oxygens (including phenoxy) is 2. The number of nitrogens with two attached hydrogens (primary N) is 1. The molecule has 1 atom stereocenters. The van der Waals surface area contributed by atoms with Gasteiger partial charge in [-0.3, -0.25) is 9.59 Å². The molecule has 0 radical (unpaired) electrons. The van der Waals surface area contributed by atoms with Gasteiger partial charge in [-0.05, 0) is 32.0 Å². The minimum atomic E-state index is -0.767. The van der Waals surface area contributed by atoms with E-state index in [0.717, 1.165) is 0 Å². The number of carbonyl (C=O) groups excluding carboxylic acids is 2. The number of halogens is 1. The fourth-order valence-corrected chi connectivity index (χ4v) is 2.23. The minimum Gasteiger partial charge on any atom is -0.482 e. The topological polar surface area (TPSA) is 93.9 Å². The molecule has 0 aliphatic carbocycles. The van der Waals surface area contributed by atoms with Gasteiger partial charge in [0.05, 0.1) is 11.6 Å². The summed E-state index contributed by atoms with van der Waals surface area (Å²) in [6.07, 6.45) is 0. The molecule has 0 heterocycles. The number of hydrogen-bond donors (Lipinski definition) is 2. The maximum absolute atomic E-state index is 11.9. The number of nitrogens with zero attached hydrogens (tertiary/aromatic N) is 1. The Bertz CT molecular complexity index is 564. The van der Waals surface area contributed by atoms with E-state index in [4.69, 9.17) is 26.8 Å². The highest BCUT2D eigenvalue weighted by Gasteiger charge is 2.15. The molecule has 0 aliphatic rings. The third-order valence-electron chi connectivity index (χ3n) is 3.35. The zero-order valence-electron chi connectivity index (χ0n) is 14.2. The van der Waals surface area contributed by atoms with Gasteiger partial charge in [0.25, 0.3) is 5.91 Å². The molecule has 8 heteroatoms. The predicted molar refractivity (Wildman–Crippen MR) is 93.4 cm³/mol. The van der Waals surface area contributed by atoms with Crippen molar-refractivity contribution in [3.8, 4) is 5.75 Å². The van der Waals surface area contributed by atoms with Crippen molar-refractivity contribution in [1.82, 2.24) is 4.90 Å². The number of hydrogen-bond acceptors (Lipinski definition) is 5. The fraction of sp³-hybridized carbons (Fsp3) is 0.500. The van der Waals surface area contributed by atoms with Crippen molar-refractivity contribution in [3.63, 3.8) is 0 Å². The summed E-state index contributed by atoms with van der Waals surface area (Å²) in [6, 6.07) is 3.99. The van der Waals surface area contributed by atoms with Crippen LogP contribution >= 0.6 is 11.6 Å². The highest BCUT2D eigenvalue weighted by Crippen LogP contribution is 2.27. The van der Waals surface area contributed by atoms with Gasteiger partial charge in [0.1, 0.15) is 11.8 Å². The van der Waals surface area contributed by atoms with E-state index in [1.54, 1.807) is 17.0 Å². The van der Waals surface area contributed by atoms with Crippen molar-refractivity contribution in [2.75, 3.05) is 38.7 Å². The van der Waals surface area contributed by atoms with Crippen LogP contribution < -0.4 is 15.8 Å². The van der Waals surface area contributed by atoms with Crippen molar-refractivity contribution in [2.24, 2.45) is 5.73 Å². The second kappa shape index (κ2) is 10.1. The number of nitrogens with one attached hydrogen (secondary N) is 1. The maximum atomic E-state index is 11.9. The Labute approximate surface area is 147 Å². The van der Waals surface area contributed by atoms with Crippen LogP contribution in [0.25, 0.3) is 0 Å². The van der Waals surface area contributed by atoms with Crippen LogP contribution in [0.4, 0.5) is 5.69 Å². The van der Waals surface area contributed by atoms with Crippen molar-refractivity contribution in [3.05, 3.63) is 23.2 Å². The quantitative estimate of drug-likeness (QED) is 0.698. The molecule has 0 aromatic heterocycles. The van der Waals surface area contributed by atoms with Crippen LogP contribution in [0.2, 0.25) is 5.02 Å². The van der Waals surface area contributed by atoms with Gasteiger partial charge in [-0.15, -0.1) is 0 Å². The summed E-state index contributed by atoms with van der Waals surface area (Å²) in [6.45, 7) is 5.08. The second-order valence-corrected chi connectivity index (χ2v) is 5.46. The lowest BCUT2D eigenvalue weighted by Gasteiger charge is -2.19. The number of likely N-dealkylation sites (N-methyl/N-ethyl adjacent to an activating group) is 1. The van der Waals surface area contributed by atoms with Gasteiger partial charge in [-0.1, -0.05) is 11.6 Å². The number of methoxy groups -OCH3 is 1. The van der Waals surface area contributed by atoms with Gasteiger partial charge in [0.2, 0.25) is 5.91 Å². The van der Waals surface area contributed by atoms with Gasteiger partial charge in [0, 0.05) is 25.9 Å². The summed E-state index contributed by atoms with van der Waals surface area (Å²) in [4.78, 5) is 25.4. The Kier molecular flexibility index (Phi) is 8.53. The van der Waals surface area contributed by atoms with Crippen LogP contribution in [-0.4, -0.2) is 56.2 Å². The lowest BCUT2D eigenvalue weighted by Crippen LogP contribution is -2.39. The van der Waals surface area contributed by atoms with Crippen LogP contribution in [0.3, 0.4) is 0 Å². The van der Waals surface area contributed by atoms with E-state index in [2.05, 4.69) is 5.32 Å². The van der Waals surface area contributed by atoms with Crippen molar-refractivity contribution >= 4 is 29.1 Å². The Balaban J connectivity index is 2.64. The first-order chi connectivity index (χ1) is 11.4. The van der Waals surface area contributed by atoms with Crippen LogP contribution in [0.5, 0.6) is 5.75 Å². The van der Waals surface area contributed by atoms with Gasteiger partial charge in [-0.2, -0.15) is 0 Å². The molecule has 0 bridgehead atoms. The molecular formula is C16H24ClN3O4. The molecule has 0 aliphatic heterocycles. The lowest BCUT2D eigenvalue weighted by molar-refractivity contribution is -0.133. The molecular weight excluding hydrogens is 334 g/mol. The third kappa shape index (κ3) is 5.99. The molecule has 0 saturated carbocycles. The van der Waals surface area contributed by atoms with Crippen LogP contribution in [0, 0.1) is 0 Å². The largest absolute Gasteiger partial charge is 0.482 e. The number of benzene rings is 1. The first-order valence-electron chi connectivity index (χ1n) is 7.68. The van der Waals surface area contributed by atoms with Crippen LogP contribution in [-0.2, 0) is 14.3 Å². The highest BCUT2D eigenvalue weighted by molar-refractivity contribution is 6.32. The summed E-state index contributed by atoms with van der Waals surface area (Å²) in [7, 11) is 1.47. The Morgan fingerprint density at radius 3 is 2.54 bits per heavy atom. The predicted octanol–water partition coefficient (Wildman–Crippen LogP) is 1.50. The summed E-state index contributed by atoms with van der Waals surface area (Å²) < 4.78 is 10.3. The Hall–Kier alpha value is -1.83. The van der Waals surface area contributed by atoms with Gasteiger partial charge in [0.15, 0.2) is 6.61 Å². The van der Waals surface area contributed by atoms with Crippen LogP contribution in [0.1, 0.15) is 13.8 Å². The average molecular weight is 358 g/mol. The molecule has 7 nitrogen and oxygen atoms in total. The molecule has 1 aromatic carbocycles. The van der Waals surface area contributed by atoms with E-state index in [9.17, 15) is 9.59 Å². The molecule has 0 spiro atoms. The normalized spacial score (nSPS) is 11.7. The average Bonchev–Trinajstić information content (AvgIpc) is 2.55. The zero-order valence-corrected chi connectivity index (χ0v) is 14.9. The van der Waals surface area contributed by atoms with E-state index in [0.29, 0.717) is 29.5 Å². The summed E-state index contributed by atoms with van der Waals surface area (Å²) in [5.41, 5.74) is 6.13. The number of amides is 2. The molecule has 1 aromatic rings. The molecule has 134 valence electrons. The Morgan fingerprint density at radius 1 is 1.33 bits per heavy atom. The van der Waals surface area contributed by atoms with E-state index in [1.165, 1.54) is 13.2 Å². The summed E-state index contributed by atoms with van der Waals surface area (Å²) >= 11 is 6.13. The second-order valence-electron chi connectivity index (χ2n) is 5.05. The zero-order chi connectivity index (χ0) is 18.1. The molecule has 0 fully saturated rings. The maximum Gasteiger partial charge on any atom is 0.260 e. The number of rotatable bonds is 9. The number of carbonyl (C=O) groups is 2. The fourth-order valence-electron chi connectivity index (χ4n) is 1.99.